The van der Waals surface area contributed by atoms with Crippen molar-refractivity contribution < 1.29 is 9.47 Å². The fraction of sp³-hybridized carbons (Fsp3) is 0.250. The van der Waals surface area contributed by atoms with Crippen molar-refractivity contribution in [3.05, 3.63) is 65.7 Å². The maximum absolute atomic E-state index is 5.83. The van der Waals surface area contributed by atoms with Gasteiger partial charge in [0.2, 0.25) is 6.29 Å². The first-order valence-corrected chi connectivity index (χ1v) is 6.32. The molecular weight excluding hydrogens is 224 g/mol. The van der Waals surface area contributed by atoms with E-state index in [-0.39, 0.29) is 6.29 Å². The zero-order chi connectivity index (χ0) is 12.2. The van der Waals surface area contributed by atoms with E-state index in [1.807, 2.05) is 30.3 Å². The Morgan fingerprint density at radius 3 is 2.61 bits per heavy atom. The number of hydrogen-bond donors (Lipinski definition) is 0. The number of benzene rings is 2. The third-order valence-electron chi connectivity index (χ3n) is 3.17. The minimum absolute atomic E-state index is 0.125. The Bertz CT molecular complexity index is 508. The summed E-state index contributed by atoms with van der Waals surface area (Å²) in [7, 11) is 0. The van der Waals surface area contributed by atoms with Crippen molar-refractivity contribution >= 4 is 0 Å². The average Bonchev–Trinajstić information content (AvgIpc) is 2.46. The van der Waals surface area contributed by atoms with E-state index >= 15 is 0 Å². The van der Waals surface area contributed by atoms with Gasteiger partial charge in [0.15, 0.2) is 0 Å². The zero-order valence-corrected chi connectivity index (χ0v) is 10.2. The molecule has 1 aliphatic rings. The van der Waals surface area contributed by atoms with Crippen molar-refractivity contribution in [1.82, 2.24) is 0 Å². The molecule has 1 heterocycles. The fourth-order valence-corrected chi connectivity index (χ4v) is 2.17. The Labute approximate surface area is 107 Å². The molecule has 0 amide bonds. The first-order valence-electron chi connectivity index (χ1n) is 6.32. The van der Waals surface area contributed by atoms with Crippen LogP contribution in [0.2, 0.25) is 0 Å². The van der Waals surface area contributed by atoms with Crippen LogP contribution < -0.4 is 4.74 Å². The summed E-state index contributed by atoms with van der Waals surface area (Å²) in [5, 5.41) is 0. The topological polar surface area (TPSA) is 18.5 Å². The van der Waals surface area contributed by atoms with E-state index in [0.717, 1.165) is 24.2 Å². The van der Waals surface area contributed by atoms with Crippen LogP contribution in [0.3, 0.4) is 0 Å². The summed E-state index contributed by atoms with van der Waals surface area (Å²) in [4.78, 5) is 0. The van der Waals surface area contributed by atoms with Crippen LogP contribution >= 0.6 is 0 Å². The molecule has 2 heteroatoms. The lowest BCUT2D eigenvalue weighted by Crippen LogP contribution is -2.25. The summed E-state index contributed by atoms with van der Waals surface area (Å²) in [6, 6.07) is 18.5. The largest absolute Gasteiger partial charge is 0.465 e. The minimum Gasteiger partial charge on any atom is -0.465 e. The molecule has 0 spiro atoms. The summed E-state index contributed by atoms with van der Waals surface area (Å²) in [5.74, 6) is 0.960. The molecule has 0 aromatic heterocycles. The van der Waals surface area contributed by atoms with Gasteiger partial charge in [-0.15, -0.1) is 0 Å². The summed E-state index contributed by atoms with van der Waals surface area (Å²) in [5.41, 5.74) is 2.46. The lowest BCUT2D eigenvalue weighted by molar-refractivity contribution is -0.111. The smallest absolute Gasteiger partial charge is 0.200 e. The van der Waals surface area contributed by atoms with E-state index in [2.05, 4.69) is 24.3 Å². The van der Waals surface area contributed by atoms with Crippen molar-refractivity contribution in [2.45, 2.75) is 25.7 Å². The fourth-order valence-electron chi connectivity index (χ4n) is 2.17. The molecule has 2 aromatic rings. The number of fused-ring (bicyclic) bond motifs is 1. The van der Waals surface area contributed by atoms with Gasteiger partial charge in [0, 0.05) is 12.0 Å². The monoisotopic (exact) mass is 240 g/mol. The van der Waals surface area contributed by atoms with Crippen LogP contribution in [-0.4, -0.2) is 6.29 Å². The lowest BCUT2D eigenvalue weighted by atomic mass is 10.1. The van der Waals surface area contributed by atoms with Crippen LogP contribution in [0.25, 0.3) is 0 Å². The molecule has 2 aromatic carbocycles. The van der Waals surface area contributed by atoms with Gasteiger partial charge in [0.25, 0.3) is 0 Å². The normalized spacial score (nSPS) is 17.9. The maximum atomic E-state index is 5.83. The van der Waals surface area contributed by atoms with E-state index in [0.29, 0.717) is 6.61 Å². The molecule has 0 fully saturated rings. The first kappa shape index (κ1) is 11.3. The predicted molar refractivity (Wildman–Crippen MR) is 70.4 cm³/mol. The first-order chi connectivity index (χ1) is 8.92. The minimum atomic E-state index is -0.125. The Morgan fingerprint density at radius 1 is 0.944 bits per heavy atom. The third-order valence-corrected chi connectivity index (χ3v) is 3.17. The Balaban J connectivity index is 1.60. The van der Waals surface area contributed by atoms with Crippen molar-refractivity contribution in [3.63, 3.8) is 0 Å². The highest BCUT2D eigenvalue weighted by atomic mass is 16.7. The molecule has 0 aliphatic carbocycles. The van der Waals surface area contributed by atoms with Crippen LogP contribution in [0.5, 0.6) is 5.75 Å². The number of aryl methyl sites for hydroxylation is 1. The molecule has 18 heavy (non-hydrogen) atoms. The quantitative estimate of drug-likeness (QED) is 0.816. The van der Waals surface area contributed by atoms with Crippen molar-refractivity contribution in [1.29, 1.82) is 0 Å². The van der Waals surface area contributed by atoms with Crippen molar-refractivity contribution in [3.8, 4) is 5.75 Å². The molecule has 1 unspecified atom stereocenters. The van der Waals surface area contributed by atoms with E-state index in [4.69, 9.17) is 9.47 Å². The molecule has 0 saturated heterocycles. The molecule has 92 valence electrons. The highest BCUT2D eigenvalue weighted by molar-refractivity contribution is 5.33. The summed E-state index contributed by atoms with van der Waals surface area (Å²) < 4.78 is 11.5. The van der Waals surface area contributed by atoms with Crippen molar-refractivity contribution in [2.24, 2.45) is 0 Å². The molecule has 0 N–H and O–H groups in total. The van der Waals surface area contributed by atoms with Crippen LogP contribution in [0.4, 0.5) is 0 Å². The van der Waals surface area contributed by atoms with Crippen LogP contribution in [0, 0.1) is 0 Å². The molecule has 0 bridgehead atoms. The second-order valence-corrected chi connectivity index (χ2v) is 4.49. The average molecular weight is 240 g/mol. The van der Waals surface area contributed by atoms with E-state index < -0.39 is 0 Å². The van der Waals surface area contributed by atoms with Gasteiger partial charge in [0.05, 0.1) is 6.61 Å². The Morgan fingerprint density at radius 2 is 1.72 bits per heavy atom. The van der Waals surface area contributed by atoms with Crippen LogP contribution in [0.1, 0.15) is 17.5 Å². The Kier molecular flexibility index (Phi) is 3.29. The van der Waals surface area contributed by atoms with Gasteiger partial charge in [-0.2, -0.15) is 0 Å². The molecule has 2 nitrogen and oxygen atoms in total. The summed E-state index contributed by atoms with van der Waals surface area (Å²) in [6.45, 7) is 0.648. The second-order valence-electron chi connectivity index (χ2n) is 4.49. The van der Waals surface area contributed by atoms with Crippen LogP contribution in [-0.2, 0) is 17.8 Å². The van der Waals surface area contributed by atoms with E-state index in [1.165, 1.54) is 5.56 Å². The number of ether oxygens (including phenoxy) is 2. The summed E-state index contributed by atoms with van der Waals surface area (Å²) >= 11 is 0. The Hall–Kier alpha value is -1.80. The van der Waals surface area contributed by atoms with Gasteiger partial charge in [-0.05, 0) is 18.1 Å². The molecule has 1 atom stereocenters. The SMILES string of the molecule is c1ccc(CCC2OCc3ccccc3O2)cc1. The summed E-state index contributed by atoms with van der Waals surface area (Å²) in [6.07, 6.45) is 1.74. The van der Waals surface area contributed by atoms with E-state index in [1.54, 1.807) is 0 Å². The van der Waals surface area contributed by atoms with Crippen LogP contribution in [0.15, 0.2) is 54.6 Å². The van der Waals surface area contributed by atoms with Gasteiger partial charge in [-0.3, -0.25) is 0 Å². The van der Waals surface area contributed by atoms with Gasteiger partial charge >= 0.3 is 0 Å². The number of rotatable bonds is 3. The standard InChI is InChI=1S/C16H16O2/c1-2-6-13(7-3-1)10-11-16-17-12-14-8-4-5-9-15(14)18-16/h1-9,16H,10-12H2. The van der Waals surface area contributed by atoms with E-state index in [9.17, 15) is 0 Å². The van der Waals surface area contributed by atoms with Gasteiger partial charge in [0.1, 0.15) is 5.75 Å². The highest BCUT2D eigenvalue weighted by Gasteiger charge is 2.19. The number of para-hydroxylation sites is 1. The zero-order valence-electron chi connectivity index (χ0n) is 10.2. The third kappa shape index (κ3) is 2.54. The van der Waals surface area contributed by atoms with Gasteiger partial charge < -0.3 is 9.47 Å². The maximum Gasteiger partial charge on any atom is 0.200 e. The molecule has 1 aliphatic heterocycles. The lowest BCUT2D eigenvalue weighted by Gasteiger charge is -2.26. The molecule has 0 radical (unpaired) electrons. The molecule has 0 saturated carbocycles. The number of hydrogen-bond acceptors (Lipinski definition) is 2. The molecular formula is C16H16O2. The predicted octanol–water partition coefficient (Wildman–Crippen LogP) is 3.55. The second kappa shape index (κ2) is 5.23. The molecule has 3 rings (SSSR count). The van der Waals surface area contributed by atoms with Gasteiger partial charge in [-0.25, -0.2) is 0 Å². The van der Waals surface area contributed by atoms with Gasteiger partial charge in [-0.1, -0.05) is 48.5 Å². The van der Waals surface area contributed by atoms with Crippen molar-refractivity contribution in [2.75, 3.05) is 0 Å². The highest BCUT2D eigenvalue weighted by Crippen LogP contribution is 2.26.